The van der Waals surface area contributed by atoms with E-state index in [0.717, 1.165) is 37.0 Å². The van der Waals surface area contributed by atoms with Gasteiger partial charge in [-0.1, -0.05) is 19.0 Å². The summed E-state index contributed by atoms with van der Waals surface area (Å²) in [6.07, 6.45) is 4.10. The number of aliphatic imine (C=N–C) groups is 1. The molecule has 0 aromatic carbocycles. The van der Waals surface area contributed by atoms with Gasteiger partial charge in [-0.2, -0.15) is 0 Å². The van der Waals surface area contributed by atoms with Crippen LogP contribution in [-0.4, -0.2) is 28.8 Å². The molecular formula is C16H26IN5O. The van der Waals surface area contributed by atoms with Crippen molar-refractivity contribution in [2.75, 3.05) is 13.1 Å². The zero-order valence-electron chi connectivity index (χ0n) is 14.0. The van der Waals surface area contributed by atoms with Crippen LogP contribution in [0.3, 0.4) is 0 Å². The van der Waals surface area contributed by atoms with Crippen molar-refractivity contribution in [3.63, 3.8) is 0 Å². The van der Waals surface area contributed by atoms with Crippen molar-refractivity contribution in [1.29, 1.82) is 0 Å². The van der Waals surface area contributed by atoms with E-state index in [2.05, 4.69) is 46.1 Å². The van der Waals surface area contributed by atoms with Gasteiger partial charge in [0, 0.05) is 38.1 Å². The molecular weight excluding hydrogens is 405 g/mol. The fourth-order valence-corrected chi connectivity index (χ4v) is 2.00. The molecule has 7 heteroatoms. The van der Waals surface area contributed by atoms with Crippen molar-refractivity contribution >= 4 is 29.9 Å². The first-order valence-electron chi connectivity index (χ1n) is 7.77. The van der Waals surface area contributed by atoms with Gasteiger partial charge in [-0.25, -0.2) is 4.99 Å². The first-order chi connectivity index (χ1) is 10.7. The molecule has 2 N–H and O–H groups in total. The fraction of sp³-hybridized carbons (Fsp3) is 0.500. The third-order valence-corrected chi connectivity index (χ3v) is 3.23. The van der Waals surface area contributed by atoms with Crippen LogP contribution in [0.1, 0.15) is 38.1 Å². The van der Waals surface area contributed by atoms with Gasteiger partial charge in [0.05, 0.1) is 5.69 Å². The summed E-state index contributed by atoms with van der Waals surface area (Å²) in [4.78, 5) is 4.53. The summed E-state index contributed by atoms with van der Waals surface area (Å²) < 4.78 is 7.43. The Kier molecular flexibility index (Phi) is 8.75. The smallest absolute Gasteiger partial charge is 0.191 e. The summed E-state index contributed by atoms with van der Waals surface area (Å²) in [5.74, 6) is 1.94. The number of nitrogens with zero attached hydrogens (tertiary/aromatic N) is 3. The van der Waals surface area contributed by atoms with Gasteiger partial charge < -0.3 is 19.7 Å². The second-order valence-electron chi connectivity index (χ2n) is 5.42. The molecule has 2 aromatic heterocycles. The van der Waals surface area contributed by atoms with Crippen molar-refractivity contribution in [3.05, 3.63) is 42.0 Å². The minimum Gasteiger partial charge on any atom is -0.359 e. The summed E-state index contributed by atoms with van der Waals surface area (Å²) in [7, 11) is 0. The molecule has 23 heavy (non-hydrogen) atoms. The Morgan fingerprint density at radius 2 is 2.04 bits per heavy atom. The Morgan fingerprint density at radius 1 is 1.30 bits per heavy atom. The molecule has 0 unspecified atom stereocenters. The van der Waals surface area contributed by atoms with Crippen molar-refractivity contribution < 1.29 is 4.52 Å². The number of nitrogens with one attached hydrogen (secondary N) is 2. The van der Waals surface area contributed by atoms with Crippen molar-refractivity contribution in [3.8, 4) is 0 Å². The predicted molar refractivity (Wildman–Crippen MR) is 103 cm³/mol. The van der Waals surface area contributed by atoms with Gasteiger partial charge in [-0.05, 0) is 25.0 Å². The second-order valence-corrected chi connectivity index (χ2v) is 5.42. The summed E-state index contributed by atoms with van der Waals surface area (Å²) in [5.41, 5.74) is 0.968. The average Bonchev–Trinajstić information content (AvgIpc) is 3.16. The molecule has 128 valence electrons. The van der Waals surface area contributed by atoms with E-state index < -0.39 is 0 Å². The third-order valence-electron chi connectivity index (χ3n) is 3.23. The van der Waals surface area contributed by atoms with Crippen LogP contribution >= 0.6 is 24.0 Å². The number of aromatic nitrogens is 2. The average molecular weight is 431 g/mol. The van der Waals surface area contributed by atoms with Gasteiger partial charge in [-0.15, -0.1) is 24.0 Å². The summed E-state index contributed by atoms with van der Waals surface area (Å²) in [5, 5.41) is 10.6. The van der Waals surface area contributed by atoms with Gasteiger partial charge in [0.15, 0.2) is 11.7 Å². The topological polar surface area (TPSA) is 67.4 Å². The maximum atomic E-state index is 5.30. The van der Waals surface area contributed by atoms with Crippen molar-refractivity contribution in [1.82, 2.24) is 20.4 Å². The Bertz CT molecular complexity index is 577. The molecule has 0 aliphatic heterocycles. The van der Waals surface area contributed by atoms with Crippen LogP contribution in [0.5, 0.6) is 0 Å². The number of hydrogen-bond acceptors (Lipinski definition) is 3. The van der Waals surface area contributed by atoms with E-state index in [9.17, 15) is 0 Å². The summed E-state index contributed by atoms with van der Waals surface area (Å²) in [6, 6.07) is 6.02. The first kappa shape index (κ1) is 19.5. The highest BCUT2D eigenvalue weighted by atomic mass is 127. The Hall–Kier alpha value is -1.51. The molecule has 2 aromatic rings. The van der Waals surface area contributed by atoms with Crippen molar-refractivity contribution in [2.24, 2.45) is 4.99 Å². The lowest BCUT2D eigenvalue weighted by Gasteiger charge is -2.11. The predicted octanol–water partition coefficient (Wildman–Crippen LogP) is 2.97. The van der Waals surface area contributed by atoms with Crippen LogP contribution < -0.4 is 10.6 Å². The molecule has 2 heterocycles. The lowest BCUT2D eigenvalue weighted by atomic mass is 10.1. The van der Waals surface area contributed by atoms with Crippen LogP contribution in [0, 0.1) is 0 Å². The van der Waals surface area contributed by atoms with Gasteiger partial charge in [0.1, 0.15) is 6.54 Å². The van der Waals surface area contributed by atoms with Gasteiger partial charge in [-0.3, -0.25) is 0 Å². The van der Waals surface area contributed by atoms with Crippen LogP contribution in [0.15, 0.2) is 40.1 Å². The molecule has 2 rings (SSSR count). The number of guanidine groups is 1. The first-order valence-corrected chi connectivity index (χ1v) is 7.77. The molecule has 0 atom stereocenters. The standard InChI is InChI=1S/C16H25N5O.HI/c1-4-17-16(18-7-10-21-8-5-6-9-21)19-12-14-11-15(13(2)3)20-22-14;/h5-6,8-9,11,13H,4,7,10,12H2,1-3H3,(H2,17,18,19);1H. The van der Waals surface area contributed by atoms with E-state index in [1.54, 1.807) is 0 Å². The van der Waals surface area contributed by atoms with E-state index in [4.69, 9.17) is 4.52 Å². The number of rotatable bonds is 7. The molecule has 0 spiro atoms. The van der Waals surface area contributed by atoms with E-state index in [1.165, 1.54) is 0 Å². The second kappa shape index (κ2) is 10.3. The number of halogens is 1. The summed E-state index contributed by atoms with van der Waals surface area (Å²) in [6.45, 7) is 9.26. The maximum Gasteiger partial charge on any atom is 0.191 e. The van der Waals surface area contributed by atoms with Crippen LogP contribution in [0.4, 0.5) is 0 Å². The molecule has 0 amide bonds. The minimum atomic E-state index is 0. The van der Waals surface area contributed by atoms with Crippen LogP contribution in [0.25, 0.3) is 0 Å². The molecule has 0 aliphatic carbocycles. The fourth-order valence-electron chi connectivity index (χ4n) is 2.00. The normalized spacial score (nSPS) is 11.4. The maximum absolute atomic E-state index is 5.30. The van der Waals surface area contributed by atoms with E-state index in [1.807, 2.05) is 30.6 Å². The Labute approximate surface area is 154 Å². The third kappa shape index (κ3) is 6.64. The lowest BCUT2D eigenvalue weighted by molar-refractivity contribution is 0.376. The lowest BCUT2D eigenvalue weighted by Crippen LogP contribution is -2.38. The zero-order valence-corrected chi connectivity index (χ0v) is 16.3. The monoisotopic (exact) mass is 431 g/mol. The quantitative estimate of drug-likeness (QED) is 0.402. The number of hydrogen-bond donors (Lipinski definition) is 2. The van der Waals surface area contributed by atoms with Gasteiger partial charge in [0.2, 0.25) is 0 Å². The molecule has 0 saturated carbocycles. The molecule has 0 bridgehead atoms. The summed E-state index contributed by atoms with van der Waals surface area (Å²) >= 11 is 0. The van der Waals surface area contributed by atoms with E-state index >= 15 is 0 Å². The van der Waals surface area contributed by atoms with Gasteiger partial charge in [0.25, 0.3) is 0 Å². The van der Waals surface area contributed by atoms with E-state index in [-0.39, 0.29) is 24.0 Å². The molecule has 0 radical (unpaired) electrons. The highest BCUT2D eigenvalue weighted by molar-refractivity contribution is 14.0. The Balaban J connectivity index is 0.00000264. The van der Waals surface area contributed by atoms with Gasteiger partial charge >= 0.3 is 0 Å². The SMILES string of the molecule is CCNC(=NCc1cc(C(C)C)no1)NCCn1cccc1.I. The highest BCUT2D eigenvalue weighted by Gasteiger charge is 2.07. The largest absolute Gasteiger partial charge is 0.359 e. The highest BCUT2D eigenvalue weighted by Crippen LogP contribution is 2.14. The molecule has 0 aliphatic rings. The molecule has 6 nitrogen and oxygen atoms in total. The molecule has 0 saturated heterocycles. The van der Waals surface area contributed by atoms with Crippen molar-refractivity contribution in [2.45, 2.75) is 39.8 Å². The van der Waals surface area contributed by atoms with Crippen LogP contribution in [-0.2, 0) is 13.1 Å². The molecule has 0 fully saturated rings. The van der Waals surface area contributed by atoms with E-state index in [0.29, 0.717) is 12.5 Å². The minimum absolute atomic E-state index is 0. The Morgan fingerprint density at radius 3 is 2.65 bits per heavy atom. The van der Waals surface area contributed by atoms with Crippen LogP contribution in [0.2, 0.25) is 0 Å². The zero-order chi connectivity index (χ0) is 15.8.